The van der Waals surface area contributed by atoms with Gasteiger partial charge in [0.2, 0.25) is 0 Å². The first-order valence-electron chi connectivity index (χ1n) is 5.73. The van der Waals surface area contributed by atoms with Crippen molar-refractivity contribution in [3.8, 4) is 0 Å². The zero-order valence-corrected chi connectivity index (χ0v) is 12.7. The van der Waals surface area contributed by atoms with E-state index in [1.54, 1.807) is 0 Å². The van der Waals surface area contributed by atoms with Crippen molar-refractivity contribution in [1.29, 1.82) is 0 Å². The molecule has 1 nitrogen and oxygen atoms in total. The molecule has 0 bridgehead atoms. The summed E-state index contributed by atoms with van der Waals surface area (Å²) >= 11 is 9.69. The van der Waals surface area contributed by atoms with Gasteiger partial charge in [-0.3, -0.25) is 0 Å². The lowest BCUT2D eigenvalue weighted by atomic mass is 9.85. The topological polar surface area (TPSA) is 26.0 Å². The van der Waals surface area contributed by atoms with E-state index in [0.29, 0.717) is 5.02 Å². The fourth-order valence-electron chi connectivity index (χ4n) is 1.97. The molecule has 0 saturated heterocycles. The predicted molar refractivity (Wildman–Crippen MR) is 81.0 cm³/mol. The minimum Gasteiger partial charge on any atom is -0.318 e. The van der Waals surface area contributed by atoms with Crippen LogP contribution in [0.15, 0.2) is 46.9 Å². The first kappa shape index (κ1) is 13.6. The van der Waals surface area contributed by atoms with Crippen LogP contribution in [-0.2, 0) is 5.54 Å². The van der Waals surface area contributed by atoms with Crippen molar-refractivity contribution < 1.29 is 0 Å². The number of aryl methyl sites for hydroxylation is 1. The fourth-order valence-corrected chi connectivity index (χ4v) is 2.84. The molecule has 0 aliphatic rings. The maximum atomic E-state index is 6.46. The first-order valence-corrected chi connectivity index (χ1v) is 6.90. The third-order valence-corrected chi connectivity index (χ3v) is 3.95. The highest BCUT2D eigenvalue weighted by molar-refractivity contribution is 9.10. The van der Waals surface area contributed by atoms with Gasteiger partial charge >= 0.3 is 0 Å². The van der Waals surface area contributed by atoms with Crippen molar-refractivity contribution >= 4 is 27.5 Å². The lowest BCUT2D eigenvalue weighted by molar-refractivity contribution is 0.603. The molecule has 0 aliphatic heterocycles. The Hall–Kier alpha value is -0.830. The fraction of sp³-hybridized carbons (Fsp3) is 0.200. The zero-order valence-electron chi connectivity index (χ0n) is 10.4. The maximum Gasteiger partial charge on any atom is 0.0651 e. The largest absolute Gasteiger partial charge is 0.318 e. The molecule has 18 heavy (non-hydrogen) atoms. The molecule has 0 radical (unpaired) electrons. The van der Waals surface area contributed by atoms with E-state index in [1.165, 1.54) is 5.56 Å². The molecular formula is C15H15BrClN. The lowest BCUT2D eigenvalue weighted by Gasteiger charge is -2.27. The quantitative estimate of drug-likeness (QED) is 0.856. The summed E-state index contributed by atoms with van der Waals surface area (Å²) in [5, 5.41) is 0.676. The average molecular weight is 325 g/mol. The van der Waals surface area contributed by atoms with Gasteiger partial charge in [-0.2, -0.15) is 0 Å². The second-order valence-corrected chi connectivity index (χ2v) is 6.02. The van der Waals surface area contributed by atoms with Gasteiger partial charge in [-0.05, 0) is 37.1 Å². The van der Waals surface area contributed by atoms with Crippen molar-refractivity contribution in [2.24, 2.45) is 5.73 Å². The Morgan fingerprint density at radius 1 is 1.11 bits per heavy atom. The Bertz CT molecular complexity index is 561. The van der Waals surface area contributed by atoms with Crippen LogP contribution in [0.5, 0.6) is 0 Å². The van der Waals surface area contributed by atoms with Gasteiger partial charge < -0.3 is 5.73 Å². The zero-order chi connectivity index (χ0) is 13.3. The Morgan fingerprint density at radius 3 is 2.28 bits per heavy atom. The van der Waals surface area contributed by atoms with Gasteiger partial charge in [0.25, 0.3) is 0 Å². The molecule has 0 aromatic heterocycles. The van der Waals surface area contributed by atoms with Crippen LogP contribution >= 0.6 is 27.5 Å². The highest BCUT2D eigenvalue weighted by Crippen LogP contribution is 2.33. The second kappa shape index (κ2) is 5.04. The highest BCUT2D eigenvalue weighted by atomic mass is 79.9. The standard InChI is InChI=1S/C15H15BrClN/c1-10-3-5-11(6-4-10)15(2,18)13-8-7-12(16)9-14(13)17/h3-9H,18H2,1-2H3. The monoisotopic (exact) mass is 323 g/mol. The lowest BCUT2D eigenvalue weighted by Crippen LogP contribution is -2.34. The highest BCUT2D eigenvalue weighted by Gasteiger charge is 2.26. The summed E-state index contributed by atoms with van der Waals surface area (Å²) in [5.41, 5.74) is 9.07. The molecule has 2 rings (SSSR count). The third-order valence-electron chi connectivity index (χ3n) is 3.14. The van der Waals surface area contributed by atoms with Crippen LogP contribution in [0.1, 0.15) is 23.6 Å². The van der Waals surface area contributed by atoms with E-state index in [2.05, 4.69) is 35.0 Å². The Kier molecular flexibility index (Phi) is 3.81. The number of nitrogens with two attached hydrogens (primary N) is 1. The first-order chi connectivity index (χ1) is 8.41. The van der Waals surface area contributed by atoms with Gasteiger partial charge in [-0.15, -0.1) is 0 Å². The van der Waals surface area contributed by atoms with Crippen molar-refractivity contribution in [2.45, 2.75) is 19.4 Å². The summed E-state index contributed by atoms with van der Waals surface area (Å²) in [4.78, 5) is 0. The molecule has 3 heteroatoms. The van der Waals surface area contributed by atoms with E-state index in [9.17, 15) is 0 Å². The number of rotatable bonds is 2. The van der Waals surface area contributed by atoms with E-state index in [-0.39, 0.29) is 0 Å². The van der Waals surface area contributed by atoms with Gasteiger partial charge in [0.1, 0.15) is 0 Å². The molecule has 0 spiro atoms. The number of benzene rings is 2. The summed E-state index contributed by atoms with van der Waals surface area (Å²) in [6.07, 6.45) is 0. The van der Waals surface area contributed by atoms with Crippen LogP contribution in [0.2, 0.25) is 5.02 Å². The molecule has 0 saturated carbocycles. The van der Waals surface area contributed by atoms with Crippen molar-refractivity contribution in [3.05, 3.63) is 68.7 Å². The van der Waals surface area contributed by atoms with E-state index in [1.807, 2.05) is 37.3 Å². The molecule has 1 unspecified atom stereocenters. The normalized spacial score (nSPS) is 14.3. The van der Waals surface area contributed by atoms with E-state index < -0.39 is 5.54 Å². The molecule has 2 aromatic rings. The summed E-state index contributed by atoms with van der Waals surface area (Å²) in [6, 6.07) is 14.0. The van der Waals surface area contributed by atoms with Gasteiger partial charge in [0.05, 0.1) is 5.54 Å². The minimum atomic E-state index is -0.592. The smallest absolute Gasteiger partial charge is 0.0651 e. The maximum absolute atomic E-state index is 6.46. The van der Waals surface area contributed by atoms with E-state index in [0.717, 1.165) is 15.6 Å². The molecular weight excluding hydrogens is 310 g/mol. The summed E-state index contributed by atoms with van der Waals surface area (Å²) in [5.74, 6) is 0. The molecule has 0 amide bonds. The van der Waals surface area contributed by atoms with Gasteiger partial charge in [-0.25, -0.2) is 0 Å². The molecule has 0 heterocycles. The molecule has 0 fully saturated rings. The minimum absolute atomic E-state index is 0.592. The number of hydrogen-bond donors (Lipinski definition) is 1. The van der Waals surface area contributed by atoms with Crippen molar-refractivity contribution in [2.75, 3.05) is 0 Å². The van der Waals surface area contributed by atoms with Gasteiger partial charge in [0, 0.05) is 9.50 Å². The number of halogens is 2. The number of hydrogen-bond acceptors (Lipinski definition) is 1. The average Bonchev–Trinajstić information content (AvgIpc) is 2.29. The molecule has 1 atom stereocenters. The van der Waals surface area contributed by atoms with E-state index in [4.69, 9.17) is 17.3 Å². The second-order valence-electron chi connectivity index (χ2n) is 4.69. The molecule has 94 valence electrons. The Balaban J connectivity index is 2.50. The van der Waals surface area contributed by atoms with Gasteiger partial charge in [0.15, 0.2) is 0 Å². The molecule has 0 aliphatic carbocycles. The Labute approximate surface area is 121 Å². The van der Waals surface area contributed by atoms with Crippen LogP contribution in [0.4, 0.5) is 0 Å². The van der Waals surface area contributed by atoms with Crippen molar-refractivity contribution in [1.82, 2.24) is 0 Å². The van der Waals surface area contributed by atoms with E-state index >= 15 is 0 Å². The van der Waals surface area contributed by atoms with Crippen LogP contribution < -0.4 is 5.73 Å². The Morgan fingerprint density at radius 2 is 1.72 bits per heavy atom. The summed E-state index contributed by atoms with van der Waals surface area (Å²) in [6.45, 7) is 4.04. The van der Waals surface area contributed by atoms with Gasteiger partial charge in [-0.1, -0.05) is 63.4 Å². The SMILES string of the molecule is Cc1ccc(C(C)(N)c2ccc(Br)cc2Cl)cc1. The molecule has 2 N–H and O–H groups in total. The third kappa shape index (κ3) is 2.61. The van der Waals surface area contributed by atoms with Crippen LogP contribution in [0.3, 0.4) is 0 Å². The van der Waals surface area contributed by atoms with Crippen LogP contribution in [-0.4, -0.2) is 0 Å². The predicted octanol–water partition coefficient (Wildman–Crippen LogP) is 4.63. The summed E-state index contributed by atoms with van der Waals surface area (Å²) < 4.78 is 0.955. The summed E-state index contributed by atoms with van der Waals surface area (Å²) in [7, 11) is 0. The molecule has 2 aromatic carbocycles. The van der Waals surface area contributed by atoms with Crippen LogP contribution in [0, 0.1) is 6.92 Å². The van der Waals surface area contributed by atoms with Crippen molar-refractivity contribution in [3.63, 3.8) is 0 Å². The van der Waals surface area contributed by atoms with Crippen LogP contribution in [0.25, 0.3) is 0 Å².